The van der Waals surface area contributed by atoms with Crippen LogP contribution in [-0.4, -0.2) is 51.2 Å². The van der Waals surface area contributed by atoms with E-state index >= 15 is 0 Å². The van der Waals surface area contributed by atoms with Gasteiger partial charge in [-0.25, -0.2) is 13.1 Å². The summed E-state index contributed by atoms with van der Waals surface area (Å²) in [4.78, 5) is 2.34. The minimum Gasteiger partial charge on any atom is -0.396 e. The van der Waals surface area contributed by atoms with Gasteiger partial charge in [0.2, 0.25) is 10.0 Å². The van der Waals surface area contributed by atoms with Crippen molar-refractivity contribution in [1.29, 1.82) is 5.26 Å². The number of nitriles is 1. The Bertz CT molecular complexity index is 622. The fourth-order valence-corrected chi connectivity index (χ4v) is 3.65. The number of sulfonamides is 1. The van der Waals surface area contributed by atoms with E-state index in [1.807, 2.05) is 6.07 Å². The first-order chi connectivity index (χ1) is 10.5. The van der Waals surface area contributed by atoms with Crippen molar-refractivity contribution < 1.29 is 13.5 Å². The Hall–Kier alpha value is -1.46. The monoisotopic (exact) mass is 323 g/mol. The third-order valence-corrected chi connectivity index (χ3v) is 5.35. The number of nitrogens with one attached hydrogen (secondary N) is 1. The summed E-state index contributed by atoms with van der Waals surface area (Å²) < 4.78 is 26.9. The summed E-state index contributed by atoms with van der Waals surface area (Å²) in [6.45, 7) is 2.91. The lowest BCUT2D eigenvalue weighted by Gasteiger charge is -2.31. The fraction of sp³-hybridized carbons (Fsp3) is 0.533. The largest absolute Gasteiger partial charge is 0.396 e. The summed E-state index contributed by atoms with van der Waals surface area (Å²) in [6.07, 6.45) is 2.07. The molecule has 0 aliphatic carbocycles. The van der Waals surface area contributed by atoms with Crippen molar-refractivity contribution in [3.05, 3.63) is 29.8 Å². The van der Waals surface area contributed by atoms with Gasteiger partial charge in [0.05, 0.1) is 16.5 Å². The van der Waals surface area contributed by atoms with Gasteiger partial charge in [-0.3, -0.25) is 0 Å². The molecule has 1 saturated heterocycles. The minimum atomic E-state index is -3.54. The molecule has 0 amide bonds. The molecule has 7 heteroatoms. The molecule has 0 spiro atoms. The molecule has 0 bridgehead atoms. The van der Waals surface area contributed by atoms with E-state index in [1.54, 1.807) is 0 Å². The molecule has 0 radical (unpaired) electrons. The molecule has 2 N–H and O–H groups in total. The first-order valence-corrected chi connectivity index (χ1v) is 8.86. The summed E-state index contributed by atoms with van der Waals surface area (Å²) in [5.41, 5.74) is 0.433. The number of aliphatic hydroxyl groups excluding tert-OH is 1. The molecule has 1 heterocycles. The van der Waals surface area contributed by atoms with Crippen molar-refractivity contribution in [3.8, 4) is 6.07 Å². The van der Waals surface area contributed by atoms with E-state index in [-0.39, 0.29) is 11.5 Å². The van der Waals surface area contributed by atoms with Crippen molar-refractivity contribution >= 4 is 10.0 Å². The van der Waals surface area contributed by atoms with Crippen LogP contribution in [0.15, 0.2) is 29.2 Å². The van der Waals surface area contributed by atoms with Gasteiger partial charge in [-0.2, -0.15) is 5.26 Å². The maximum absolute atomic E-state index is 12.1. The number of rotatable bonds is 6. The molecular weight excluding hydrogens is 302 g/mol. The number of aliphatic hydroxyl groups is 1. The van der Waals surface area contributed by atoms with Crippen molar-refractivity contribution in [2.45, 2.75) is 17.7 Å². The van der Waals surface area contributed by atoms with Crippen LogP contribution in [-0.2, 0) is 10.0 Å². The van der Waals surface area contributed by atoms with Crippen LogP contribution in [0, 0.1) is 17.2 Å². The second-order valence-corrected chi connectivity index (χ2v) is 7.29. The van der Waals surface area contributed by atoms with Gasteiger partial charge in [-0.15, -0.1) is 0 Å². The molecule has 1 aliphatic heterocycles. The second kappa shape index (κ2) is 7.70. The summed E-state index contributed by atoms with van der Waals surface area (Å²) in [5, 5.41) is 17.9. The quantitative estimate of drug-likeness (QED) is 0.797. The summed E-state index contributed by atoms with van der Waals surface area (Å²) in [6, 6.07) is 7.81. The lowest BCUT2D eigenvalue weighted by Crippen LogP contribution is -2.41. The molecule has 1 fully saturated rings. The molecule has 0 aromatic heterocycles. The highest BCUT2D eigenvalue weighted by atomic mass is 32.2. The molecule has 0 unspecified atom stereocenters. The Morgan fingerprint density at radius 3 is 2.73 bits per heavy atom. The standard InChI is InChI=1S/C15H21N3O3S/c16-10-13-3-5-15(6-4-13)22(20,21)17-7-9-18-8-1-2-14(11-18)12-19/h3-6,14,17,19H,1-2,7-9,11-12H2/t14-/m1/s1. The first kappa shape index (κ1) is 16.9. The molecule has 2 rings (SSSR count). The van der Waals surface area contributed by atoms with Gasteiger partial charge in [0.15, 0.2) is 0 Å². The SMILES string of the molecule is N#Cc1ccc(S(=O)(=O)NCCN2CCC[C@@H](CO)C2)cc1. The normalized spacial score (nSPS) is 19.7. The van der Waals surface area contributed by atoms with Crippen molar-refractivity contribution in [3.63, 3.8) is 0 Å². The van der Waals surface area contributed by atoms with Crippen LogP contribution in [0.5, 0.6) is 0 Å². The summed E-state index contributed by atoms with van der Waals surface area (Å²) in [5.74, 6) is 0.295. The Labute approximate surface area is 131 Å². The number of hydrogen-bond donors (Lipinski definition) is 2. The summed E-state index contributed by atoms with van der Waals surface area (Å²) in [7, 11) is -3.54. The first-order valence-electron chi connectivity index (χ1n) is 7.38. The van der Waals surface area contributed by atoms with Crippen LogP contribution in [0.3, 0.4) is 0 Å². The predicted molar refractivity (Wildman–Crippen MR) is 82.6 cm³/mol. The number of likely N-dealkylation sites (tertiary alicyclic amines) is 1. The zero-order valence-electron chi connectivity index (χ0n) is 12.4. The smallest absolute Gasteiger partial charge is 0.240 e. The molecule has 1 aromatic carbocycles. The zero-order valence-corrected chi connectivity index (χ0v) is 13.2. The van der Waals surface area contributed by atoms with Gasteiger partial charge in [-0.1, -0.05) is 0 Å². The van der Waals surface area contributed by atoms with Gasteiger partial charge in [0, 0.05) is 26.2 Å². The highest BCUT2D eigenvalue weighted by Crippen LogP contribution is 2.15. The van der Waals surface area contributed by atoms with Crippen molar-refractivity contribution in [2.24, 2.45) is 5.92 Å². The van der Waals surface area contributed by atoms with E-state index in [4.69, 9.17) is 5.26 Å². The predicted octanol–water partition coefficient (Wildman–Crippen LogP) is 0.541. The Morgan fingerprint density at radius 2 is 2.09 bits per heavy atom. The number of hydrogen-bond acceptors (Lipinski definition) is 5. The maximum Gasteiger partial charge on any atom is 0.240 e. The van der Waals surface area contributed by atoms with E-state index in [0.717, 1.165) is 25.9 Å². The Balaban J connectivity index is 1.86. The van der Waals surface area contributed by atoms with Crippen LogP contribution in [0.25, 0.3) is 0 Å². The topological polar surface area (TPSA) is 93.4 Å². The lowest BCUT2D eigenvalue weighted by molar-refractivity contribution is 0.122. The third-order valence-electron chi connectivity index (χ3n) is 3.88. The van der Waals surface area contributed by atoms with E-state index < -0.39 is 10.0 Å². The highest BCUT2D eigenvalue weighted by Gasteiger charge is 2.19. The molecular formula is C15H21N3O3S. The summed E-state index contributed by atoms with van der Waals surface area (Å²) >= 11 is 0. The molecule has 6 nitrogen and oxygen atoms in total. The number of benzene rings is 1. The van der Waals surface area contributed by atoms with Crippen LogP contribution >= 0.6 is 0 Å². The minimum absolute atomic E-state index is 0.165. The van der Waals surface area contributed by atoms with Gasteiger partial charge in [0.1, 0.15) is 0 Å². The van der Waals surface area contributed by atoms with Gasteiger partial charge in [0.25, 0.3) is 0 Å². The van der Waals surface area contributed by atoms with Crippen LogP contribution in [0.1, 0.15) is 18.4 Å². The zero-order chi connectivity index (χ0) is 16.0. The molecule has 120 valence electrons. The lowest BCUT2D eigenvalue weighted by atomic mass is 9.99. The van der Waals surface area contributed by atoms with E-state index in [2.05, 4.69) is 9.62 Å². The van der Waals surface area contributed by atoms with E-state index in [0.29, 0.717) is 24.6 Å². The van der Waals surface area contributed by atoms with E-state index in [9.17, 15) is 13.5 Å². The molecule has 1 aromatic rings. The molecule has 22 heavy (non-hydrogen) atoms. The van der Waals surface area contributed by atoms with Crippen molar-refractivity contribution in [1.82, 2.24) is 9.62 Å². The molecule has 1 atom stereocenters. The second-order valence-electron chi connectivity index (χ2n) is 5.53. The maximum atomic E-state index is 12.1. The Kier molecular flexibility index (Phi) is 5.91. The average Bonchev–Trinajstić information content (AvgIpc) is 2.55. The Morgan fingerprint density at radius 1 is 1.36 bits per heavy atom. The fourth-order valence-electron chi connectivity index (χ4n) is 2.63. The van der Waals surface area contributed by atoms with E-state index in [1.165, 1.54) is 24.3 Å². The van der Waals surface area contributed by atoms with Crippen LogP contribution in [0.4, 0.5) is 0 Å². The van der Waals surface area contributed by atoms with Gasteiger partial charge >= 0.3 is 0 Å². The average molecular weight is 323 g/mol. The van der Waals surface area contributed by atoms with Crippen molar-refractivity contribution in [2.75, 3.05) is 32.8 Å². The highest BCUT2D eigenvalue weighted by molar-refractivity contribution is 7.89. The number of nitrogens with zero attached hydrogens (tertiary/aromatic N) is 2. The van der Waals surface area contributed by atoms with Crippen LogP contribution in [0.2, 0.25) is 0 Å². The van der Waals surface area contributed by atoms with Gasteiger partial charge < -0.3 is 10.0 Å². The molecule has 1 aliphatic rings. The van der Waals surface area contributed by atoms with Crippen LogP contribution < -0.4 is 4.72 Å². The third kappa shape index (κ3) is 4.52. The number of piperidine rings is 1. The van der Waals surface area contributed by atoms with Gasteiger partial charge in [-0.05, 0) is 49.6 Å². The molecule has 0 saturated carbocycles.